The van der Waals surface area contributed by atoms with Crippen molar-refractivity contribution in [1.82, 2.24) is 15.2 Å². The van der Waals surface area contributed by atoms with Crippen LogP contribution in [0.4, 0.5) is 0 Å². The molecule has 3 rings (SSSR count). The number of hydrogen-bond donors (Lipinski definition) is 1. The molecule has 1 fully saturated rings. The van der Waals surface area contributed by atoms with Crippen molar-refractivity contribution in [3.05, 3.63) is 15.6 Å². The van der Waals surface area contributed by atoms with E-state index in [0.717, 1.165) is 45.8 Å². The number of nitrogens with one attached hydrogen (secondary N) is 1. The highest BCUT2D eigenvalue weighted by Gasteiger charge is 2.23. The van der Waals surface area contributed by atoms with Gasteiger partial charge in [-0.1, -0.05) is 0 Å². The predicted molar refractivity (Wildman–Crippen MR) is 68.3 cm³/mol. The van der Waals surface area contributed by atoms with Crippen molar-refractivity contribution in [2.45, 2.75) is 26.0 Å². The molecule has 3 heterocycles. The van der Waals surface area contributed by atoms with Crippen LogP contribution in [0.15, 0.2) is 0 Å². The van der Waals surface area contributed by atoms with Crippen LogP contribution in [-0.2, 0) is 17.8 Å². The van der Waals surface area contributed by atoms with Crippen LogP contribution in [0, 0.1) is 0 Å². The molecule has 4 nitrogen and oxygen atoms in total. The summed E-state index contributed by atoms with van der Waals surface area (Å²) < 4.78 is 5.48. The van der Waals surface area contributed by atoms with Crippen LogP contribution >= 0.6 is 11.3 Å². The molecule has 0 bridgehead atoms. The lowest BCUT2D eigenvalue weighted by molar-refractivity contribution is 0.112. The normalized spacial score (nSPS) is 23.4. The molecule has 1 saturated heterocycles. The highest BCUT2D eigenvalue weighted by atomic mass is 32.1. The van der Waals surface area contributed by atoms with Crippen LogP contribution < -0.4 is 5.32 Å². The Labute approximate surface area is 106 Å². The van der Waals surface area contributed by atoms with Gasteiger partial charge in [0.2, 0.25) is 0 Å². The molecular weight excluding hydrogens is 234 g/mol. The van der Waals surface area contributed by atoms with Crippen LogP contribution in [0.5, 0.6) is 0 Å². The van der Waals surface area contributed by atoms with Crippen LogP contribution in [0.25, 0.3) is 0 Å². The fourth-order valence-electron chi connectivity index (χ4n) is 2.45. The van der Waals surface area contributed by atoms with Crippen molar-refractivity contribution >= 4 is 11.3 Å². The van der Waals surface area contributed by atoms with E-state index in [1.54, 1.807) is 0 Å². The van der Waals surface area contributed by atoms with Crippen molar-refractivity contribution in [3.63, 3.8) is 0 Å². The fraction of sp³-hybridized carbons (Fsp3) is 0.750. The predicted octanol–water partition coefficient (Wildman–Crippen LogP) is 1.18. The van der Waals surface area contributed by atoms with Gasteiger partial charge in [-0.05, 0) is 6.92 Å². The van der Waals surface area contributed by atoms with E-state index in [-0.39, 0.29) is 0 Å². The molecule has 0 radical (unpaired) electrons. The summed E-state index contributed by atoms with van der Waals surface area (Å²) in [6.07, 6.45) is 0.986. The Balaban J connectivity index is 1.76. The molecule has 94 valence electrons. The zero-order valence-corrected chi connectivity index (χ0v) is 11.1. The minimum atomic E-state index is 0.452. The number of piperazine rings is 1. The zero-order chi connectivity index (χ0) is 11.7. The number of rotatable bonds is 2. The Bertz CT molecular complexity index is 364. The maximum absolute atomic E-state index is 5.48. The quantitative estimate of drug-likeness (QED) is 0.859. The molecule has 0 aromatic carbocycles. The van der Waals surface area contributed by atoms with Crippen molar-refractivity contribution in [3.8, 4) is 0 Å². The highest BCUT2D eigenvalue weighted by Crippen LogP contribution is 2.30. The van der Waals surface area contributed by atoms with Gasteiger partial charge in [0, 0.05) is 32.6 Å². The maximum atomic E-state index is 5.48. The van der Waals surface area contributed by atoms with Crippen LogP contribution in [-0.4, -0.2) is 42.7 Å². The topological polar surface area (TPSA) is 37.4 Å². The number of hydrogen-bond acceptors (Lipinski definition) is 5. The van der Waals surface area contributed by atoms with Gasteiger partial charge in [-0.15, -0.1) is 11.3 Å². The molecule has 1 N–H and O–H groups in total. The lowest BCUT2D eigenvalue weighted by Gasteiger charge is -2.31. The number of fused-ring (bicyclic) bond motifs is 1. The fourth-order valence-corrected chi connectivity index (χ4v) is 3.59. The van der Waals surface area contributed by atoms with Gasteiger partial charge in [0.1, 0.15) is 5.01 Å². The number of nitrogens with zero attached hydrogens (tertiary/aromatic N) is 2. The summed E-state index contributed by atoms with van der Waals surface area (Å²) in [5.74, 6) is 0. The molecule has 0 amide bonds. The molecule has 0 aliphatic carbocycles. The molecule has 0 saturated carbocycles. The third-order valence-electron chi connectivity index (χ3n) is 3.57. The summed E-state index contributed by atoms with van der Waals surface area (Å²) in [6.45, 7) is 8.32. The number of aromatic nitrogens is 1. The molecule has 1 aromatic rings. The summed E-state index contributed by atoms with van der Waals surface area (Å²) in [7, 11) is 0. The smallest absolute Gasteiger partial charge is 0.110 e. The molecule has 5 heteroatoms. The Hall–Kier alpha value is -0.490. The largest absolute Gasteiger partial charge is 0.375 e. The average molecular weight is 253 g/mol. The third kappa shape index (κ3) is 2.38. The average Bonchev–Trinajstić information content (AvgIpc) is 2.82. The first-order chi connectivity index (χ1) is 8.34. The van der Waals surface area contributed by atoms with Gasteiger partial charge in [0.15, 0.2) is 0 Å². The van der Waals surface area contributed by atoms with E-state index >= 15 is 0 Å². The Morgan fingerprint density at radius 3 is 3.00 bits per heavy atom. The van der Waals surface area contributed by atoms with Gasteiger partial charge in [0.25, 0.3) is 0 Å². The maximum Gasteiger partial charge on any atom is 0.110 e. The molecule has 2 aliphatic heterocycles. The molecular formula is C12H19N3OS. The third-order valence-corrected chi connectivity index (χ3v) is 4.81. The van der Waals surface area contributed by atoms with Crippen molar-refractivity contribution < 1.29 is 4.74 Å². The second kappa shape index (κ2) is 5.02. The first kappa shape index (κ1) is 11.6. The first-order valence-electron chi connectivity index (χ1n) is 6.35. The summed E-state index contributed by atoms with van der Waals surface area (Å²) >= 11 is 1.84. The van der Waals surface area contributed by atoms with Gasteiger partial charge in [-0.3, -0.25) is 4.90 Å². The molecule has 1 aromatic heterocycles. The van der Waals surface area contributed by atoms with Crippen molar-refractivity contribution in [2.75, 3.05) is 32.8 Å². The van der Waals surface area contributed by atoms with E-state index in [1.807, 2.05) is 11.3 Å². The molecule has 1 atom stereocenters. The molecule has 2 aliphatic rings. The van der Waals surface area contributed by atoms with Gasteiger partial charge >= 0.3 is 0 Å². The number of ether oxygens (including phenoxy) is 1. The van der Waals surface area contributed by atoms with Gasteiger partial charge in [-0.25, -0.2) is 4.98 Å². The van der Waals surface area contributed by atoms with Crippen LogP contribution in [0.2, 0.25) is 0 Å². The SMILES string of the molecule is CC(c1nc2c(s1)COCC2)N1CCNCC1. The van der Waals surface area contributed by atoms with E-state index in [0.29, 0.717) is 6.04 Å². The van der Waals surface area contributed by atoms with Gasteiger partial charge in [-0.2, -0.15) is 0 Å². The van der Waals surface area contributed by atoms with E-state index in [1.165, 1.54) is 15.6 Å². The molecule has 0 spiro atoms. The number of thiazole rings is 1. The van der Waals surface area contributed by atoms with Gasteiger partial charge in [0.05, 0.1) is 29.8 Å². The highest BCUT2D eigenvalue weighted by molar-refractivity contribution is 7.11. The zero-order valence-electron chi connectivity index (χ0n) is 10.2. The van der Waals surface area contributed by atoms with Gasteiger partial charge < -0.3 is 10.1 Å². The molecule has 17 heavy (non-hydrogen) atoms. The second-order valence-corrected chi connectivity index (χ2v) is 5.80. The summed E-state index contributed by atoms with van der Waals surface area (Å²) in [5, 5.41) is 4.66. The summed E-state index contributed by atoms with van der Waals surface area (Å²) in [5.41, 5.74) is 1.28. The van der Waals surface area contributed by atoms with Crippen LogP contribution in [0.1, 0.15) is 28.5 Å². The minimum Gasteiger partial charge on any atom is -0.375 e. The Kier molecular flexibility index (Phi) is 3.42. The van der Waals surface area contributed by atoms with E-state index < -0.39 is 0 Å². The Morgan fingerprint density at radius 1 is 1.41 bits per heavy atom. The minimum absolute atomic E-state index is 0.452. The van der Waals surface area contributed by atoms with E-state index in [2.05, 4.69) is 17.1 Å². The molecule has 1 unspecified atom stereocenters. The lowest BCUT2D eigenvalue weighted by atomic mass is 10.2. The lowest BCUT2D eigenvalue weighted by Crippen LogP contribution is -2.44. The summed E-state index contributed by atoms with van der Waals surface area (Å²) in [4.78, 5) is 8.66. The van der Waals surface area contributed by atoms with E-state index in [9.17, 15) is 0 Å². The van der Waals surface area contributed by atoms with E-state index in [4.69, 9.17) is 9.72 Å². The van der Waals surface area contributed by atoms with Crippen molar-refractivity contribution in [2.24, 2.45) is 0 Å². The standard InChI is InChI=1S/C12H19N3OS/c1-9(15-5-3-13-4-6-15)12-14-10-2-7-16-8-11(10)17-12/h9,13H,2-8H2,1H3. The van der Waals surface area contributed by atoms with Crippen molar-refractivity contribution in [1.29, 1.82) is 0 Å². The monoisotopic (exact) mass is 253 g/mol. The first-order valence-corrected chi connectivity index (χ1v) is 7.17. The Morgan fingerprint density at radius 2 is 2.24 bits per heavy atom. The van der Waals surface area contributed by atoms with Crippen LogP contribution in [0.3, 0.4) is 0 Å². The summed E-state index contributed by atoms with van der Waals surface area (Å²) in [6, 6.07) is 0.452. The second-order valence-electron chi connectivity index (χ2n) is 4.69.